The summed E-state index contributed by atoms with van der Waals surface area (Å²) in [4.78, 5) is 17.8. The van der Waals surface area contributed by atoms with Crippen molar-refractivity contribution in [1.29, 1.82) is 0 Å². The van der Waals surface area contributed by atoms with Crippen LogP contribution >= 0.6 is 0 Å². The predicted molar refractivity (Wildman–Crippen MR) is 135 cm³/mol. The van der Waals surface area contributed by atoms with Crippen LogP contribution in [0.25, 0.3) is 0 Å². The molecule has 1 saturated heterocycles. The normalized spacial score (nSPS) is 25.6. The minimum atomic E-state index is 0.431. The van der Waals surface area contributed by atoms with Gasteiger partial charge in [0.25, 0.3) is 0 Å². The largest absolute Gasteiger partial charge is 0.381 e. The zero-order valence-electron chi connectivity index (χ0n) is 19.8. The summed E-state index contributed by atoms with van der Waals surface area (Å²) >= 11 is 0. The second kappa shape index (κ2) is 10.8. The van der Waals surface area contributed by atoms with Gasteiger partial charge in [0.05, 0.1) is 5.71 Å². The number of hydrogen-bond acceptors (Lipinski definition) is 3. The molecule has 1 aromatic carbocycles. The number of rotatable bonds is 7. The zero-order chi connectivity index (χ0) is 22.5. The van der Waals surface area contributed by atoms with E-state index in [2.05, 4.69) is 42.5 Å². The van der Waals surface area contributed by atoms with Gasteiger partial charge in [-0.05, 0) is 79.9 Å². The third-order valence-electron chi connectivity index (χ3n) is 8.01. The Morgan fingerprint density at radius 2 is 1.91 bits per heavy atom. The Bertz CT molecular complexity index is 977. The van der Waals surface area contributed by atoms with Crippen molar-refractivity contribution in [3.8, 4) is 0 Å². The van der Waals surface area contributed by atoms with E-state index in [-0.39, 0.29) is 0 Å². The van der Waals surface area contributed by atoms with Gasteiger partial charge >= 0.3 is 0 Å². The molecule has 2 aliphatic carbocycles. The summed E-state index contributed by atoms with van der Waals surface area (Å²) in [7, 11) is 0. The SMILES string of the molecule is O=C(CCc1cccc(C2CCOCC2)c1)CC1CCCC(C2=NC=CCC3=C2C=CC3)C1. The number of aryl methyl sites for hydroxylation is 1. The molecule has 1 aromatic rings. The number of aliphatic imine (C=N–C) groups is 1. The van der Waals surface area contributed by atoms with Crippen LogP contribution in [0, 0.1) is 11.8 Å². The van der Waals surface area contributed by atoms with E-state index in [1.54, 1.807) is 0 Å². The molecule has 3 heteroatoms. The van der Waals surface area contributed by atoms with Gasteiger partial charge in [-0.3, -0.25) is 9.79 Å². The number of carbonyl (C=O) groups is 1. The van der Waals surface area contributed by atoms with Gasteiger partial charge in [0.1, 0.15) is 5.78 Å². The summed E-state index contributed by atoms with van der Waals surface area (Å²) in [6.45, 7) is 1.74. The predicted octanol–water partition coefficient (Wildman–Crippen LogP) is 6.89. The minimum Gasteiger partial charge on any atom is -0.381 e. The average Bonchev–Trinajstić information content (AvgIpc) is 3.22. The summed E-state index contributed by atoms with van der Waals surface area (Å²) in [6, 6.07) is 8.93. The first-order chi connectivity index (χ1) is 16.3. The molecule has 0 amide bonds. The van der Waals surface area contributed by atoms with Gasteiger partial charge in [0.2, 0.25) is 0 Å². The van der Waals surface area contributed by atoms with Crippen molar-refractivity contribution in [2.45, 2.75) is 76.5 Å². The smallest absolute Gasteiger partial charge is 0.133 e. The molecular formula is C30H37NO2. The Hall–Kier alpha value is -2.26. The van der Waals surface area contributed by atoms with E-state index >= 15 is 0 Å². The lowest BCUT2D eigenvalue weighted by Gasteiger charge is -2.30. The summed E-state index contributed by atoms with van der Waals surface area (Å²) in [5.74, 6) is 2.05. The van der Waals surface area contributed by atoms with Crippen LogP contribution in [0.1, 0.15) is 81.3 Å². The fraction of sp³-hybridized carbons (Fsp3) is 0.533. The van der Waals surface area contributed by atoms with Crippen molar-refractivity contribution in [1.82, 2.24) is 0 Å². The van der Waals surface area contributed by atoms with Gasteiger partial charge in [-0.1, -0.05) is 54.5 Å². The van der Waals surface area contributed by atoms with Crippen LogP contribution in [-0.4, -0.2) is 24.7 Å². The molecule has 2 atom stereocenters. The lowest BCUT2D eigenvalue weighted by molar-refractivity contribution is -0.120. The van der Waals surface area contributed by atoms with E-state index in [0.717, 1.165) is 58.2 Å². The Kier molecular flexibility index (Phi) is 7.36. The van der Waals surface area contributed by atoms with E-state index in [1.807, 2.05) is 6.20 Å². The topological polar surface area (TPSA) is 38.7 Å². The molecule has 0 aromatic heterocycles. The van der Waals surface area contributed by atoms with E-state index in [0.29, 0.717) is 30.0 Å². The van der Waals surface area contributed by atoms with Gasteiger partial charge in [-0.25, -0.2) is 0 Å². The Balaban J connectivity index is 1.15. The van der Waals surface area contributed by atoms with Gasteiger partial charge in [-0.15, -0.1) is 0 Å². The number of Topliss-reactive ketones (excluding diaryl/α,β-unsaturated/α-hetero) is 1. The van der Waals surface area contributed by atoms with Gasteiger partial charge in [0, 0.05) is 38.2 Å². The van der Waals surface area contributed by atoms with E-state index < -0.39 is 0 Å². The fourth-order valence-electron chi connectivity index (χ4n) is 6.20. The summed E-state index contributed by atoms with van der Waals surface area (Å²) < 4.78 is 5.51. The summed E-state index contributed by atoms with van der Waals surface area (Å²) in [6.07, 6.45) is 20.1. The lowest BCUT2D eigenvalue weighted by atomic mass is 9.75. The number of carbonyl (C=O) groups excluding carboxylic acids is 1. The first-order valence-corrected chi connectivity index (χ1v) is 13.1. The van der Waals surface area contributed by atoms with Crippen LogP contribution in [0.4, 0.5) is 0 Å². The van der Waals surface area contributed by atoms with Crippen molar-refractivity contribution in [2.75, 3.05) is 13.2 Å². The molecule has 33 heavy (non-hydrogen) atoms. The van der Waals surface area contributed by atoms with Crippen LogP contribution in [0.15, 0.2) is 64.8 Å². The number of benzene rings is 1. The molecule has 2 heterocycles. The van der Waals surface area contributed by atoms with E-state index in [4.69, 9.17) is 9.73 Å². The lowest BCUT2D eigenvalue weighted by Crippen LogP contribution is -2.25. The second-order valence-corrected chi connectivity index (χ2v) is 10.3. The third-order valence-corrected chi connectivity index (χ3v) is 8.01. The van der Waals surface area contributed by atoms with Gasteiger partial charge in [-0.2, -0.15) is 0 Å². The molecule has 5 rings (SSSR count). The number of ether oxygens (including phenoxy) is 1. The molecular weight excluding hydrogens is 406 g/mol. The molecule has 0 radical (unpaired) electrons. The third kappa shape index (κ3) is 5.63. The van der Waals surface area contributed by atoms with E-state index in [1.165, 1.54) is 47.2 Å². The molecule has 2 fully saturated rings. The highest BCUT2D eigenvalue weighted by Crippen LogP contribution is 2.37. The van der Waals surface area contributed by atoms with Crippen LogP contribution in [0.5, 0.6) is 0 Å². The first-order valence-electron chi connectivity index (χ1n) is 13.1. The van der Waals surface area contributed by atoms with Crippen LogP contribution in [0.3, 0.4) is 0 Å². The molecule has 3 nitrogen and oxygen atoms in total. The minimum absolute atomic E-state index is 0.431. The van der Waals surface area contributed by atoms with Crippen molar-refractivity contribution in [3.05, 3.63) is 71.0 Å². The second-order valence-electron chi connectivity index (χ2n) is 10.3. The maximum atomic E-state index is 12.9. The van der Waals surface area contributed by atoms with Crippen molar-refractivity contribution >= 4 is 11.5 Å². The number of hydrogen-bond donors (Lipinski definition) is 0. The average molecular weight is 444 g/mol. The standard InChI is InChI=1S/C30H37NO2/c32-28(13-12-22-5-1-8-26(19-22)24-14-17-33-18-15-24)21-23-6-2-9-27(20-23)30-29-11-3-7-25(29)10-4-16-31-30/h1,3-5,8,11,16,19,23-24,27H,2,6-7,9-10,12-15,17-18,20-21H2. The van der Waals surface area contributed by atoms with Gasteiger partial charge in [0.15, 0.2) is 0 Å². The first kappa shape index (κ1) is 22.5. The van der Waals surface area contributed by atoms with Gasteiger partial charge < -0.3 is 4.74 Å². The van der Waals surface area contributed by atoms with Crippen LogP contribution in [0.2, 0.25) is 0 Å². The quantitative estimate of drug-likeness (QED) is 0.460. The maximum absolute atomic E-state index is 12.9. The van der Waals surface area contributed by atoms with Crippen molar-refractivity contribution in [2.24, 2.45) is 16.8 Å². The molecule has 0 bridgehead atoms. The summed E-state index contributed by atoms with van der Waals surface area (Å²) in [5, 5.41) is 0. The van der Waals surface area contributed by atoms with Crippen LogP contribution < -0.4 is 0 Å². The molecule has 4 aliphatic rings. The number of nitrogens with zero attached hydrogens (tertiary/aromatic N) is 1. The zero-order valence-corrected chi connectivity index (χ0v) is 19.8. The number of allylic oxidation sites excluding steroid dienone is 5. The highest BCUT2D eigenvalue weighted by Gasteiger charge is 2.30. The Morgan fingerprint density at radius 1 is 1.03 bits per heavy atom. The highest BCUT2D eigenvalue weighted by molar-refractivity contribution is 6.06. The number of ketones is 1. The fourth-order valence-corrected chi connectivity index (χ4v) is 6.20. The summed E-state index contributed by atoms with van der Waals surface area (Å²) in [5.41, 5.74) is 6.92. The molecule has 2 aliphatic heterocycles. The van der Waals surface area contributed by atoms with Crippen molar-refractivity contribution < 1.29 is 9.53 Å². The molecule has 0 N–H and O–H groups in total. The Morgan fingerprint density at radius 3 is 2.82 bits per heavy atom. The maximum Gasteiger partial charge on any atom is 0.133 e. The highest BCUT2D eigenvalue weighted by atomic mass is 16.5. The van der Waals surface area contributed by atoms with Crippen LogP contribution in [-0.2, 0) is 16.0 Å². The molecule has 0 spiro atoms. The molecule has 1 saturated carbocycles. The molecule has 2 unspecified atom stereocenters. The molecule has 174 valence electrons. The Labute approximate surface area is 198 Å². The van der Waals surface area contributed by atoms with E-state index in [9.17, 15) is 4.79 Å². The van der Waals surface area contributed by atoms with Crippen molar-refractivity contribution in [3.63, 3.8) is 0 Å². The monoisotopic (exact) mass is 443 g/mol.